The molecule has 1 rings (SSSR count). The van der Waals surface area contributed by atoms with Crippen molar-refractivity contribution in [2.24, 2.45) is 0 Å². The number of aliphatic hydroxyl groups is 1. The third-order valence-corrected chi connectivity index (χ3v) is 2.98. The Morgan fingerprint density at radius 2 is 2.11 bits per heavy atom. The summed E-state index contributed by atoms with van der Waals surface area (Å²) in [7, 11) is 1.73. The van der Waals surface area contributed by atoms with E-state index in [4.69, 9.17) is 4.74 Å². The van der Waals surface area contributed by atoms with Crippen LogP contribution < -0.4 is 15.4 Å². The zero-order chi connectivity index (χ0) is 14.5. The van der Waals surface area contributed by atoms with Crippen LogP contribution in [0.4, 0.5) is 5.69 Å². The molecule has 0 atom stereocenters. The second-order valence-electron chi connectivity index (χ2n) is 4.74. The summed E-state index contributed by atoms with van der Waals surface area (Å²) in [6, 6.07) is 5.22. The molecule has 5 nitrogen and oxygen atoms in total. The van der Waals surface area contributed by atoms with Gasteiger partial charge >= 0.3 is 0 Å². The van der Waals surface area contributed by atoms with Gasteiger partial charge in [0.05, 0.1) is 18.8 Å². The molecule has 0 fully saturated rings. The Morgan fingerprint density at radius 3 is 2.63 bits per heavy atom. The predicted octanol–water partition coefficient (Wildman–Crippen LogP) is 1.51. The molecule has 3 N–H and O–H groups in total. The summed E-state index contributed by atoms with van der Waals surface area (Å²) in [5.74, 6) is 0.499. The van der Waals surface area contributed by atoms with Gasteiger partial charge in [-0.3, -0.25) is 4.79 Å². The van der Waals surface area contributed by atoms with E-state index in [1.54, 1.807) is 39.1 Å². The Hall–Kier alpha value is -1.59. The van der Waals surface area contributed by atoms with E-state index in [-0.39, 0.29) is 12.5 Å². The van der Waals surface area contributed by atoms with Crippen molar-refractivity contribution < 1.29 is 14.6 Å². The summed E-state index contributed by atoms with van der Waals surface area (Å²) in [5.41, 5.74) is 0.639. The molecule has 0 aliphatic rings. The quantitative estimate of drug-likeness (QED) is 0.730. The highest BCUT2D eigenvalue weighted by Gasteiger charge is 2.25. The minimum atomic E-state index is -0.655. The third kappa shape index (κ3) is 3.94. The summed E-state index contributed by atoms with van der Waals surface area (Å²) < 4.78 is 5.39. The topological polar surface area (TPSA) is 70.6 Å². The lowest BCUT2D eigenvalue weighted by Crippen LogP contribution is -2.47. The molecule has 0 aliphatic heterocycles. The molecule has 106 valence electrons. The van der Waals surface area contributed by atoms with E-state index in [1.807, 2.05) is 6.92 Å². The van der Waals surface area contributed by atoms with E-state index < -0.39 is 5.54 Å². The number of hydrogen-bond donors (Lipinski definition) is 3. The third-order valence-electron chi connectivity index (χ3n) is 2.98. The van der Waals surface area contributed by atoms with Gasteiger partial charge in [-0.15, -0.1) is 0 Å². The highest BCUT2D eigenvalue weighted by atomic mass is 16.5. The van der Waals surface area contributed by atoms with Crippen LogP contribution in [0.5, 0.6) is 5.75 Å². The number of ether oxygens (including phenoxy) is 1. The van der Waals surface area contributed by atoms with Gasteiger partial charge in [-0.25, -0.2) is 0 Å². The average Bonchev–Trinajstić information content (AvgIpc) is 2.40. The molecule has 5 heteroatoms. The summed E-state index contributed by atoms with van der Waals surface area (Å²) in [5, 5.41) is 15.0. The molecular weight excluding hydrogens is 244 g/mol. The molecule has 19 heavy (non-hydrogen) atoms. The van der Waals surface area contributed by atoms with E-state index in [1.165, 1.54) is 0 Å². The SMILES string of the molecule is CCOc1ccc(NC(=O)C(C)(C)NC)cc1CO. The van der Waals surface area contributed by atoms with Gasteiger partial charge in [-0.05, 0) is 46.0 Å². The number of amides is 1. The Kier molecular flexibility index (Phi) is 5.32. The van der Waals surface area contributed by atoms with Gasteiger partial charge in [0.25, 0.3) is 0 Å². The van der Waals surface area contributed by atoms with Gasteiger partial charge in [0.15, 0.2) is 0 Å². The zero-order valence-electron chi connectivity index (χ0n) is 11.9. The largest absolute Gasteiger partial charge is 0.494 e. The molecule has 0 aromatic heterocycles. The summed E-state index contributed by atoms with van der Waals surface area (Å²) in [4.78, 5) is 12.0. The number of anilines is 1. The van der Waals surface area contributed by atoms with E-state index in [9.17, 15) is 9.90 Å². The number of nitrogens with one attached hydrogen (secondary N) is 2. The molecule has 0 aliphatic carbocycles. The summed E-state index contributed by atoms with van der Waals surface area (Å²) >= 11 is 0. The van der Waals surface area contributed by atoms with E-state index >= 15 is 0 Å². The molecule has 0 spiro atoms. The van der Waals surface area contributed by atoms with Crippen molar-refractivity contribution in [1.82, 2.24) is 5.32 Å². The van der Waals surface area contributed by atoms with Crippen LogP contribution in [0, 0.1) is 0 Å². The van der Waals surface area contributed by atoms with E-state index in [2.05, 4.69) is 10.6 Å². The molecule has 1 amide bonds. The molecule has 0 heterocycles. The first kappa shape index (κ1) is 15.5. The first-order valence-electron chi connectivity index (χ1n) is 6.31. The molecule has 0 bridgehead atoms. The van der Waals surface area contributed by atoms with Crippen molar-refractivity contribution in [1.29, 1.82) is 0 Å². The van der Waals surface area contributed by atoms with Gasteiger partial charge in [0.1, 0.15) is 5.75 Å². The fraction of sp³-hybridized carbons (Fsp3) is 0.500. The number of carbonyl (C=O) groups is 1. The van der Waals surface area contributed by atoms with Crippen molar-refractivity contribution in [2.75, 3.05) is 19.0 Å². The summed E-state index contributed by atoms with van der Waals surface area (Å²) in [6.07, 6.45) is 0. The van der Waals surface area contributed by atoms with Crippen molar-refractivity contribution >= 4 is 11.6 Å². The molecule has 1 aromatic carbocycles. The van der Waals surface area contributed by atoms with Gasteiger partial charge in [0, 0.05) is 11.3 Å². The Labute approximate surface area is 114 Å². The van der Waals surface area contributed by atoms with Crippen LogP contribution in [0.15, 0.2) is 18.2 Å². The van der Waals surface area contributed by atoms with Crippen LogP contribution in [0.3, 0.4) is 0 Å². The number of rotatable bonds is 6. The standard InChI is InChI=1S/C14H22N2O3/c1-5-19-12-7-6-11(8-10(12)9-17)16-13(18)14(2,3)15-4/h6-8,15,17H,5,9H2,1-4H3,(H,16,18). The Balaban J connectivity index is 2.89. The molecule has 1 aromatic rings. The minimum absolute atomic E-state index is 0.130. The second kappa shape index (κ2) is 6.54. The highest BCUT2D eigenvalue weighted by molar-refractivity contribution is 5.97. The van der Waals surface area contributed by atoms with Crippen molar-refractivity contribution in [3.8, 4) is 5.75 Å². The van der Waals surface area contributed by atoms with Crippen LogP contribution in [0.1, 0.15) is 26.3 Å². The van der Waals surface area contributed by atoms with Gasteiger partial charge in [-0.2, -0.15) is 0 Å². The van der Waals surface area contributed by atoms with Crippen LogP contribution in [0.25, 0.3) is 0 Å². The van der Waals surface area contributed by atoms with Crippen LogP contribution in [0.2, 0.25) is 0 Å². The Bertz CT molecular complexity index is 444. The zero-order valence-corrected chi connectivity index (χ0v) is 11.9. The van der Waals surface area contributed by atoms with Crippen LogP contribution in [-0.2, 0) is 11.4 Å². The number of carbonyl (C=O) groups excluding carboxylic acids is 1. The number of aliphatic hydroxyl groups excluding tert-OH is 1. The van der Waals surface area contributed by atoms with Crippen LogP contribution >= 0.6 is 0 Å². The lowest BCUT2D eigenvalue weighted by Gasteiger charge is -2.23. The van der Waals surface area contributed by atoms with Crippen molar-refractivity contribution in [2.45, 2.75) is 32.9 Å². The monoisotopic (exact) mass is 266 g/mol. The van der Waals surface area contributed by atoms with Gasteiger partial charge in [-0.1, -0.05) is 0 Å². The number of hydrogen-bond acceptors (Lipinski definition) is 4. The van der Waals surface area contributed by atoms with E-state index in [0.717, 1.165) is 0 Å². The minimum Gasteiger partial charge on any atom is -0.494 e. The molecule has 0 radical (unpaired) electrons. The van der Waals surface area contributed by atoms with E-state index in [0.29, 0.717) is 23.6 Å². The maximum Gasteiger partial charge on any atom is 0.244 e. The maximum atomic E-state index is 12.0. The predicted molar refractivity (Wildman–Crippen MR) is 75.3 cm³/mol. The lowest BCUT2D eigenvalue weighted by molar-refractivity contribution is -0.121. The molecular formula is C14H22N2O3. The molecule has 0 unspecified atom stereocenters. The van der Waals surface area contributed by atoms with Crippen LogP contribution in [-0.4, -0.2) is 30.2 Å². The highest BCUT2D eigenvalue weighted by Crippen LogP contribution is 2.23. The smallest absolute Gasteiger partial charge is 0.244 e. The number of benzene rings is 1. The molecule has 0 saturated carbocycles. The first-order chi connectivity index (χ1) is 8.94. The average molecular weight is 266 g/mol. The first-order valence-corrected chi connectivity index (χ1v) is 6.31. The van der Waals surface area contributed by atoms with Crippen molar-refractivity contribution in [3.63, 3.8) is 0 Å². The maximum absolute atomic E-state index is 12.0. The second-order valence-corrected chi connectivity index (χ2v) is 4.74. The fourth-order valence-corrected chi connectivity index (χ4v) is 1.48. The number of likely N-dealkylation sites (N-methyl/N-ethyl adjacent to an activating group) is 1. The Morgan fingerprint density at radius 1 is 1.42 bits per heavy atom. The van der Waals surface area contributed by atoms with Gasteiger partial charge < -0.3 is 20.5 Å². The summed E-state index contributed by atoms with van der Waals surface area (Å²) in [6.45, 7) is 5.87. The van der Waals surface area contributed by atoms with Crippen molar-refractivity contribution in [3.05, 3.63) is 23.8 Å². The fourth-order valence-electron chi connectivity index (χ4n) is 1.48. The lowest BCUT2D eigenvalue weighted by atomic mass is 10.0. The normalized spacial score (nSPS) is 11.2. The molecule has 0 saturated heterocycles. The van der Waals surface area contributed by atoms with Gasteiger partial charge in [0.2, 0.25) is 5.91 Å².